The monoisotopic (exact) mass is 257 g/mol. The highest BCUT2D eigenvalue weighted by molar-refractivity contribution is 5.58. The zero-order valence-corrected chi connectivity index (χ0v) is 10.6. The van der Waals surface area contributed by atoms with Gasteiger partial charge in [0.1, 0.15) is 11.6 Å². The molecule has 1 fully saturated rings. The van der Waals surface area contributed by atoms with E-state index >= 15 is 0 Å². The minimum absolute atomic E-state index is 0.230. The van der Waals surface area contributed by atoms with Gasteiger partial charge in [-0.15, -0.1) is 0 Å². The molecule has 3 nitrogen and oxygen atoms in total. The Morgan fingerprint density at radius 2 is 1.95 bits per heavy atom. The molecule has 1 N–H and O–H groups in total. The molecule has 1 atom stereocenters. The van der Waals surface area contributed by atoms with Crippen molar-refractivity contribution in [2.45, 2.75) is 25.3 Å². The number of nitrogens with zero attached hydrogens (tertiary/aromatic N) is 2. The molecule has 2 heterocycles. The van der Waals surface area contributed by atoms with Crippen LogP contribution in [-0.4, -0.2) is 16.5 Å². The first-order valence-corrected chi connectivity index (χ1v) is 6.65. The molecule has 3 rings (SSSR count). The van der Waals surface area contributed by atoms with E-state index in [9.17, 15) is 4.39 Å². The summed E-state index contributed by atoms with van der Waals surface area (Å²) in [5, 5.41) is 3.44. The second-order valence-corrected chi connectivity index (χ2v) is 4.81. The molecule has 98 valence electrons. The topological polar surface area (TPSA) is 37.8 Å². The van der Waals surface area contributed by atoms with Gasteiger partial charge in [-0.2, -0.15) is 0 Å². The van der Waals surface area contributed by atoms with Crippen LogP contribution < -0.4 is 5.32 Å². The summed E-state index contributed by atoms with van der Waals surface area (Å²) in [6.07, 6.45) is 5.28. The number of hydrogen-bond donors (Lipinski definition) is 1. The fourth-order valence-electron chi connectivity index (χ4n) is 2.40. The van der Waals surface area contributed by atoms with E-state index in [1.54, 1.807) is 18.3 Å². The summed E-state index contributed by atoms with van der Waals surface area (Å²) in [6.45, 7) is 1.02. The third-order valence-corrected chi connectivity index (χ3v) is 3.44. The van der Waals surface area contributed by atoms with Gasteiger partial charge in [0.25, 0.3) is 0 Å². The fourth-order valence-corrected chi connectivity index (χ4v) is 2.40. The van der Waals surface area contributed by atoms with Crippen LogP contribution in [0, 0.1) is 5.82 Å². The lowest BCUT2D eigenvalue weighted by molar-refractivity contribution is 0.397. The number of nitrogens with one attached hydrogen (secondary N) is 1. The van der Waals surface area contributed by atoms with Gasteiger partial charge in [0.15, 0.2) is 0 Å². The van der Waals surface area contributed by atoms with Crippen LogP contribution in [0.5, 0.6) is 0 Å². The predicted octanol–water partition coefficient (Wildman–Crippen LogP) is 3.10. The van der Waals surface area contributed by atoms with Crippen molar-refractivity contribution in [1.29, 1.82) is 0 Å². The highest BCUT2D eigenvalue weighted by Gasteiger charge is 2.17. The van der Waals surface area contributed by atoms with Gasteiger partial charge in [0, 0.05) is 11.8 Å². The molecule has 0 spiro atoms. The lowest BCUT2D eigenvalue weighted by Gasteiger charge is -2.22. The van der Waals surface area contributed by atoms with Crippen molar-refractivity contribution in [2.24, 2.45) is 0 Å². The summed E-state index contributed by atoms with van der Waals surface area (Å²) in [7, 11) is 0. The van der Waals surface area contributed by atoms with Crippen LogP contribution in [0.3, 0.4) is 0 Å². The summed E-state index contributed by atoms with van der Waals surface area (Å²) in [5.41, 5.74) is 1.76. The third-order valence-electron chi connectivity index (χ3n) is 3.44. The van der Waals surface area contributed by atoms with E-state index < -0.39 is 0 Å². The van der Waals surface area contributed by atoms with Crippen LogP contribution in [0.25, 0.3) is 11.3 Å². The average Bonchev–Trinajstić information content (AvgIpc) is 2.49. The number of halogens is 1. The molecule has 1 aliphatic heterocycles. The van der Waals surface area contributed by atoms with E-state index in [1.807, 2.05) is 6.07 Å². The van der Waals surface area contributed by atoms with Gasteiger partial charge < -0.3 is 5.32 Å². The minimum atomic E-state index is -0.230. The van der Waals surface area contributed by atoms with E-state index in [0.717, 1.165) is 30.0 Å². The smallest absolute Gasteiger partial charge is 0.145 e. The van der Waals surface area contributed by atoms with Gasteiger partial charge in [-0.3, -0.25) is 0 Å². The fraction of sp³-hybridized carbons (Fsp3) is 0.333. The van der Waals surface area contributed by atoms with Crippen LogP contribution in [0.1, 0.15) is 31.1 Å². The molecule has 1 saturated heterocycles. The third kappa shape index (κ3) is 2.79. The molecule has 0 bridgehead atoms. The summed E-state index contributed by atoms with van der Waals surface area (Å²) < 4.78 is 12.9. The van der Waals surface area contributed by atoms with Crippen molar-refractivity contribution in [3.63, 3.8) is 0 Å². The summed E-state index contributed by atoms with van der Waals surface area (Å²) >= 11 is 0. The van der Waals surface area contributed by atoms with Gasteiger partial charge in [0.05, 0.1) is 11.7 Å². The van der Waals surface area contributed by atoms with E-state index in [-0.39, 0.29) is 11.9 Å². The second kappa shape index (κ2) is 5.45. The van der Waals surface area contributed by atoms with Gasteiger partial charge in [-0.1, -0.05) is 6.42 Å². The molecule has 0 saturated carbocycles. The zero-order valence-electron chi connectivity index (χ0n) is 10.6. The minimum Gasteiger partial charge on any atom is -0.307 e. The molecule has 0 aliphatic carbocycles. The maximum absolute atomic E-state index is 12.9. The van der Waals surface area contributed by atoms with Gasteiger partial charge in [-0.05, 0) is 49.7 Å². The first-order chi connectivity index (χ1) is 9.33. The van der Waals surface area contributed by atoms with Crippen LogP contribution in [0.15, 0.2) is 36.5 Å². The van der Waals surface area contributed by atoms with Crippen LogP contribution in [0.2, 0.25) is 0 Å². The van der Waals surface area contributed by atoms with Crippen LogP contribution in [-0.2, 0) is 0 Å². The molecule has 1 aromatic carbocycles. The van der Waals surface area contributed by atoms with Crippen molar-refractivity contribution in [3.05, 3.63) is 48.2 Å². The number of aromatic nitrogens is 2. The number of piperidine rings is 1. The van der Waals surface area contributed by atoms with Crippen molar-refractivity contribution in [1.82, 2.24) is 15.3 Å². The molecule has 2 aromatic rings. The SMILES string of the molecule is Fc1ccc(-c2ccnc(C3CCCCN3)n2)cc1. The van der Waals surface area contributed by atoms with Crippen molar-refractivity contribution in [3.8, 4) is 11.3 Å². The molecular weight excluding hydrogens is 241 g/mol. The number of hydrogen-bond acceptors (Lipinski definition) is 3. The molecule has 4 heteroatoms. The average molecular weight is 257 g/mol. The Balaban J connectivity index is 1.88. The first kappa shape index (κ1) is 12.2. The second-order valence-electron chi connectivity index (χ2n) is 4.81. The Labute approximate surface area is 111 Å². The number of rotatable bonds is 2. The Hall–Kier alpha value is -1.81. The van der Waals surface area contributed by atoms with Crippen molar-refractivity contribution < 1.29 is 4.39 Å². The summed E-state index contributed by atoms with van der Waals surface area (Å²) in [6, 6.07) is 8.51. The van der Waals surface area contributed by atoms with Crippen LogP contribution in [0.4, 0.5) is 4.39 Å². The maximum Gasteiger partial charge on any atom is 0.145 e. The van der Waals surface area contributed by atoms with Gasteiger partial charge in [-0.25, -0.2) is 14.4 Å². The Kier molecular flexibility index (Phi) is 3.51. The van der Waals surface area contributed by atoms with Crippen molar-refractivity contribution >= 4 is 0 Å². The standard InChI is InChI=1S/C15H16FN3/c16-12-6-4-11(5-7-12)13-8-10-18-15(19-13)14-3-1-2-9-17-14/h4-8,10,14,17H,1-3,9H2. The molecule has 19 heavy (non-hydrogen) atoms. The number of benzene rings is 1. The lowest BCUT2D eigenvalue weighted by Crippen LogP contribution is -2.28. The van der Waals surface area contributed by atoms with Crippen LogP contribution >= 0.6 is 0 Å². The van der Waals surface area contributed by atoms with Gasteiger partial charge >= 0.3 is 0 Å². The first-order valence-electron chi connectivity index (χ1n) is 6.65. The molecular formula is C15H16FN3. The van der Waals surface area contributed by atoms with E-state index in [0.29, 0.717) is 0 Å². The summed E-state index contributed by atoms with van der Waals surface area (Å²) in [5.74, 6) is 0.605. The molecule has 1 aliphatic rings. The predicted molar refractivity (Wildman–Crippen MR) is 72.0 cm³/mol. The zero-order chi connectivity index (χ0) is 13.1. The van der Waals surface area contributed by atoms with Crippen molar-refractivity contribution in [2.75, 3.05) is 6.54 Å². The van der Waals surface area contributed by atoms with E-state index in [1.165, 1.54) is 25.0 Å². The molecule has 0 amide bonds. The Morgan fingerprint density at radius 3 is 2.68 bits per heavy atom. The summed E-state index contributed by atoms with van der Waals surface area (Å²) in [4.78, 5) is 8.96. The van der Waals surface area contributed by atoms with E-state index in [2.05, 4.69) is 15.3 Å². The lowest BCUT2D eigenvalue weighted by atomic mass is 10.0. The largest absolute Gasteiger partial charge is 0.307 e. The normalized spacial score (nSPS) is 19.3. The quantitative estimate of drug-likeness (QED) is 0.898. The highest BCUT2D eigenvalue weighted by atomic mass is 19.1. The molecule has 1 unspecified atom stereocenters. The van der Waals surface area contributed by atoms with Gasteiger partial charge in [0.2, 0.25) is 0 Å². The Bertz CT molecular complexity index is 548. The highest BCUT2D eigenvalue weighted by Crippen LogP contribution is 2.22. The van der Waals surface area contributed by atoms with E-state index in [4.69, 9.17) is 0 Å². The maximum atomic E-state index is 12.9. The molecule has 1 aromatic heterocycles. The Morgan fingerprint density at radius 1 is 1.11 bits per heavy atom. The molecule has 0 radical (unpaired) electrons.